The van der Waals surface area contributed by atoms with Gasteiger partial charge in [-0.25, -0.2) is 8.78 Å². The Balaban J connectivity index is 2.23. The van der Waals surface area contributed by atoms with Crippen LogP contribution in [0.15, 0.2) is 12.1 Å². The van der Waals surface area contributed by atoms with Gasteiger partial charge in [0.1, 0.15) is 17.7 Å². The molecule has 1 aliphatic rings. The van der Waals surface area contributed by atoms with Crippen LogP contribution < -0.4 is 5.73 Å². The topological polar surface area (TPSA) is 44.5 Å². The Morgan fingerprint density at radius 3 is 2.71 bits per heavy atom. The summed E-state index contributed by atoms with van der Waals surface area (Å²) in [6.07, 6.45) is -0.386. The minimum Gasteiger partial charge on any atom is -0.376 e. The van der Waals surface area contributed by atoms with Crippen LogP contribution in [0.2, 0.25) is 0 Å². The monoisotopic (exact) mass is 243 g/mol. The molecule has 0 spiro atoms. The van der Waals surface area contributed by atoms with Gasteiger partial charge in [0.15, 0.2) is 0 Å². The molecule has 1 aromatic rings. The number of halogens is 2. The van der Waals surface area contributed by atoms with Crippen molar-refractivity contribution >= 4 is 0 Å². The molecule has 1 aliphatic heterocycles. The van der Waals surface area contributed by atoms with Crippen LogP contribution in [-0.4, -0.2) is 25.9 Å². The van der Waals surface area contributed by atoms with Crippen molar-refractivity contribution in [3.8, 4) is 0 Å². The summed E-state index contributed by atoms with van der Waals surface area (Å²) in [5.41, 5.74) is 6.55. The summed E-state index contributed by atoms with van der Waals surface area (Å²) in [4.78, 5) is 0. The largest absolute Gasteiger partial charge is 0.376 e. The van der Waals surface area contributed by atoms with Gasteiger partial charge in [0.25, 0.3) is 0 Å². The van der Waals surface area contributed by atoms with Gasteiger partial charge in [-0.15, -0.1) is 0 Å². The average molecular weight is 243 g/mol. The SMILES string of the molecule is Cc1cc(C(N)C2COCCO2)c(F)cc1F. The maximum absolute atomic E-state index is 13.6. The lowest BCUT2D eigenvalue weighted by atomic mass is 9.99. The van der Waals surface area contributed by atoms with Crippen LogP contribution in [0.1, 0.15) is 17.2 Å². The highest BCUT2D eigenvalue weighted by Crippen LogP contribution is 2.24. The zero-order valence-corrected chi connectivity index (χ0v) is 9.58. The molecular formula is C12H15F2NO2. The van der Waals surface area contributed by atoms with E-state index < -0.39 is 17.7 Å². The molecular weight excluding hydrogens is 228 g/mol. The van der Waals surface area contributed by atoms with E-state index in [9.17, 15) is 8.78 Å². The second-order valence-electron chi connectivity index (χ2n) is 4.13. The van der Waals surface area contributed by atoms with E-state index in [2.05, 4.69) is 0 Å². The van der Waals surface area contributed by atoms with E-state index in [1.165, 1.54) is 6.07 Å². The third-order valence-corrected chi connectivity index (χ3v) is 2.88. The Hall–Kier alpha value is -1.04. The van der Waals surface area contributed by atoms with Crippen LogP contribution in [-0.2, 0) is 9.47 Å². The first-order chi connectivity index (χ1) is 8.09. The zero-order chi connectivity index (χ0) is 12.4. The second-order valence-corrected chi connectivity index (χ2v) is 4.13. The van der Waals surface area contributed by atoms with Crippen molar-refractivity contribution in [2.75, 3.05) is 19.8 Å². The Labute approximate surface area is 98.5 Å². The quantitative estimate of drug-likeness (QED) is 0.859. The van der Waals surface area contributed by atoms with E-state index in [4.69, 9.17) is 15.2 Å². The number of benzene rings is 1. The lowest BCUT2D eigenvalue weighted by Crippen LogP contribution is -2.38. The summed E-state index contributed by atoms with van der Waals surface area (Å²) in [6, 6.07) is 1.64. The van der Waals surface area contributed by atoms with Crippen LogP contribution in [0.3, 0.4) is 0 Å². The molecule has 0 bridgehead atoms. The maximum atomic E-state index is 13.6. The molecule has 0 aliphatic carbocycles. The molecule has 1 heterocycles. The fraction of sp³-hybridized carbons (Fsp3) is 0.500. The number of hydrogen-bond acceptors (Lipinski definition) is 3. The minimum absolute atomic E-state index is 0.263. The summed E-state index contributed by atoms with van der Waals surface area (Å²) < 4.78 is 37.4. The first kappa shape index (κ1) is 12.4. The highest BCUT2D eigenvalue weighted by molar-refractivity contribution is 5.28. The molecule has 2 unspecified atom stereocenters. The lowest BCUT2D eigenvalue weighted by Gasteiger charge is -2.28. The molecule has 3 nitrogen and oxygen atoms in total. The van der Waals surface area contributed by atoms with E-state index in [0.29, 0.717) is 25.4 Å². The summed E-state index contributed by atoms with van der Waals surface area (Å²) in [5.74, 6) is -1.21. The summed E-state index contributed by atoms with van der Waals surface area (Å²) in [7, 11) is 0. The number of hydrogen-bond donors (Lipinski definition) is 1. The Morgan fingerprint density at radius 1 is 1.29 bits per heavy atom. The van der Waals surface area contributed by atoms with Gasteiger partial charge in [0.05, 0.1) is 25.9 Å². The van der Waals surface area contributed by atoms with Gasteiger partial charge in [-0.3, -0.25) is 0 Å². The molecule has 2 rings (SSSR count). The van der Waals surface area contributed by atoms with Crippen LogP contribution >= 0.6 is 0 Å². The molecule has 17 heavy (non-hydrogen) atoms. The predicted molar refractivity (Wildman–Crippen MR) is 58.6 cm³/mol. The van der Waals surface area contributed by atoms with Gasteiger partial charge in [-0.2, -0.15) is 0 Å². The fourth-order valence-corrected chi connectivity index (χ4v) is 1.85. The molecule has 2 N–H and O–H groups in total. The minimum atomic E-state index is -0.644. The van der Waals surface area contributed by atoms with Gasteiger partial charge < -0.3 is 15.2 Å². The third-order valence-electron chi connectivity index (χ3n) is 2.88. The molecule has 1 saturated heterocycles. The van der Waals surface area contributed by atoms with Gasteiger partial charge in [0, 0.05) is 11.6 Å². The van der Waals surface area contributed by atoms with Crippen molar-refractivity contribution < 1.29 is 18.3 Å². The molecule has 0 aromatic heterocycles. The summed E-state index contributed by atoms with van der Waals surface area (Å²) >= 11 is 0. The van der Waals surface area contributed by atoms with Gasteiger partial charge in [-0.1, -0.05) is 0 Å². The molecule has 5 heteroatoms. The van der Waals surface area contributed by atoms with Crippen LogP contribution in [0.5, 0.6) is 0 Å². The Bertz CT molecular complexity index is 406. The van der Waals surface area contributed by atoms with Crippen molar-refractivity contribution in [2.24, 2.45) is 5.73 Å². The van der Waals surface area contributed by atoms with Gasteiger partial charge in [0.2, 0.25) is 0 Å². The van der Waals surface area contributed by atoms with E-state index >= 15 is 0 Å². The van der Waals surface area contributed by atoms with Crippen molar-refractivity contribution in [1.82, 2.24) is 0 Å². The van der Waals surface area contributed by atoms with Gasteiger partial charge >= 0.3 is 0 Å². The van der Waals surface area contributed by atoms with Crippen LogP contribution in [0, 0.1) is 18.6 Å². The number of ether oxygens (including phenoxy) is 2. The number of nitrogens with two attached hydrogens (primary N) is 1. The molecule has 0 saturated carbocycles. The Morgan fingerprint density at radius 2 is 2.06 bits per heavy atom. The number of rotatable bonds is 2. The van der Waals surface area contributed by atoms with E-state index in [1.807, 2.05) is 0 Å². The first-order valence-electron chi connectivity index (χ1n) is 5.50. The third kappa shape index (κ3) is 2.62. The van der Waals surface area contributed by atoms with Crippen molar-refractivity contribution in [2.45, 2.75) is 19.1 Å². The van der Waals surface area contributed by atoms with E-state index in [1.54, 1.807) is 6.92 Å². The first-order valence-corrected chi connectivity index (χ1v) is 5.50. The second kappa shape index (κ2) is 5.08. The molecule has 2 atom stereocenters. The molecule has 1 aromatic carbocycles. The lowest BCUT2D eigenvalue weighted by molar-refractivity contribution is -0.0978. The van der Waals surface area contributed by atoms with Gasteiger partial charge in [-0.05, 0) is 18.6 Å². The summed E-state index contributed by atoms with van der Waals surface area (Å²) in [6.45, 7) is 2.87. The zero-order valence-electron chi connectivity index (χ0n) is 9.58. The van der Waals surface area contributed by atoms with E-state index in [-0.39, 0.29) is 11.7 Å². The molecule has 0 amide bonds. The smallest absolute Gasteiger partial charge is 0.131 e. The Kier molecular flexibility index (Phi) is 3.71. The van der Waals surface area contributed by atoms with Crippen molar-refractivity contribution in [1.29, 1.82) is 0 Å². The van der Waals surface area contributed by atoms with Crippen molar-refractivity contribution in [3.05, 3.63) is 34.9 Å². The standard InChI is InChI=1S/C12H15F2NO2/c1-7-4-8(10(14)5-9(7)13)12(15)11-6-16-2-3-17-11/h4-5,11-12H,2-3,6,15H2,1H3. The fourth-order valence-electron chi connectivity index (χ4n) is 1.85. The highest BCUT2D eigenvalue weighted by atomic mass is 19.1. The normalized spacial score (nSPS) is 22.5. The average Bonchev–Trinajstić information content (AvgIpc) is 2.34. The van der Waals surface area contributed by atoms with Crippen LogP contribution in [0.25, 0.3) is 0 Å². The maximum Gasteiger partial charge on any atom is 0.131 e. The molecule has 94 valence electrons. The predicted octanol–water partition coefficient (Wildman–Crippen LogP) is 1.69. The number of aryl methyl sites for hydroxylation is 1. The highest BCUT2D eigenvalue weighted by Gasteiger charge is 2.26. The van der Waals surface area contributed by atoms with E-state index in [0.717, 1.165) is 6.07 Å². The summed E-state index contributed by atoms with van der Waals surface area (Å²) in [5, 5.41) is 0. The van der Waals surface area contributed by atoms with Crippen molar-refractivity contribution in [3.63, 3.8) is 0 Å². The van der Waals surface area contributed by atoms with Crippen LogP contribution in [0.4, 0.5) is 8.78 Å². The molecule has 0 radical (unpaired) electrons. The molecule has 1 fully saturated rings.